The molecule has 0 saturated carbocycles. The molecule has 0 spiro atoms. The Labute approximate surface area is 123 Å². The molecule has 20 heavy (non-hydrogen) atoms. The topological polar surface area (TPSA) is 21.8 Å². The number of ether oxygens (including phenoxy) is 2. The molecule has 0 N–H and O–H groups in total. The molecule has 1 unspecified atom stereocenters. The molecule has 1 heterocycles. The molecule has 1 fully saturated rings. The van der Waals surface area contributed by atoms with Gasteiger partial charge in [-0.3, -0.25) is 0 Å². The van der Waals surface area contributed by atoms with Crippen LogP contribution in [0.4, 0.5) is 0 Å². The van der Waals surface area contributed by atoms with Crippen LogP contribution >= 0.6 is 0 Å². The lowest BCUT2D eigenvalue weighted by Gasteiger charge is -2.04. The smallest absolute Gasteiger partial charge is 0.0810 e. The first kappa shape index (κ1) is 15.5. The van der Waals surface area contributed by atoms with E-state index in [1.165, 1.54) is 56.9 Å². The number of hydrogen-bond acceptors (Lipinski definition) is 2. The zero-order valence-corrected chi connectivity index (χ0v) is 12.6. The summed E-state index contributed by atoms with van der Waals surface area (Å²) >= 11 is 0. The quantitative estimate of drug-likeness (QED) is 0.407. The van der Waals surface area contributed by atoms with E-state index in [4.69, 9.17) is 9.47 Å². The first-order valence-electron chi connectivity index (χ1n) is 8.18. The Morgan fingerprint density at radius 3 is 2.25 bits per heavy atom. The van der Waals surface area contributed by atoms with Gasteiger partial charge < -0.3 is 9.47 Å². The highest BCUT2D eigenvalue weighted by atomic mass is 16.6. The van der Waals surface area contributed by atoms with Gasteiger partial charge in [-0.05, 0) is 18.4 Å². The Hall–Kier alpha value is -0.860. The number of unbranched alkanes of at least 4 members (excludes halogenated alkanes) is 6. The minimum atomic E-state index is 0.622. The maximum Gasteiger partial charge on any atom is 0.0810 e. The summed E-state index contributed by atoms with van der Waals surface area (Å²) in [6.07, 6.45) is 11.3. The second-order valence-electron chi connectivity index (χ2n) is 5.76. The summed E-state index contributed by atoms with van der Waals surface area (Å²) in [5.74, 6) is 0. The van der Waals surface area contributed by atoms with Crippen LogP contribution in [0.5, 0.6) is 0 Å². The van der Waals surface area contributed by atoms with E-state index in [9.17, 15) is 0 Å². The van der Waals surface area contributed by atoms with Crippen molar-refractivity contribution in [3.05, 3.63) is 35.9 Å². The van der Waals surface area contributed by atoms with Crippen molar-refractivity contribution in [3.8, 4) is 0 Å². The highest BCUT2D eigenvalue weighted by molar-refractivity contribution is 5.13. The van der Waals surface area contributed by atoms with E-state index in [-0.39, 0.29) is 0 Å². The lowest BCUT2D eigenvalue weighted by molar-refractivity contribution is 0.116. The molecule has 1 saturated heterocycles. The third-order valence-corrected chi connectivity index (χ3v) is 3.83. The van der Waals surface area contributed by atoms with Crippen LogP contribution in [-0.2, 0) is 16.1 Å². The number of rotatable bonds is 12. The fourth-order valence-corrected chi connectivity index (χ4v) is 2.46. The van der Waals surface area contributed by atoms with Crippen LogP contribution in [0.3, 0.4) is 0 Å². The van der Waals surface area contributed by atoms with Gasteiger partial charge in [0.1, 0.15) is 0 Å². The molecule has 0 radical (unpaired) electrons. The second-order valence-corrected chi connectivity index (χ2v) is 5.76. The van der Waals surface area contributed by atoms with Crippen LogP contribution in [0.25, 0.3) is 0 Å². The summed E-state index contributed by atoms with van der Waals surface area (Å²) in [5.41, 5.74) is 1.27. The van der Waals surface area contributed by atoms with Crippen molar-refractivity contribution in [2.75, 3.05) is 13.2 Å². The summed E-state index contributed by atoms with van der Waals surface area (Å²) in [5, 5.41) is 0. The molecular formula is C18H28O2. The van der Waals surface area contributed by atoms with Gasteiger partial charge in [0.05, 0.1) is 19.3 Å². The van der Waals surface area contributed by atoms with E-state index in [0.29, 0.717) is 6.10 Å². The lowest BCUT2D eigenvalue weighted by Crippen LogP contribution is -1.95. The van der Waals surface area contributed by atoms with Crippen molar-refractivity contribution in [1.29, 1.82) is 0 Å². The molecule has 2 nitrogen and oxygen atoms in total. The molecule has 0 aliphatic carbocycles. The molecule has 0 amide bonds. The second kappa shape index (κ2) is 9.95. The SMILES string of the molecule is c1ccc(COCCCCCCCCCC2CO2)cc1. The molecule has 112 valence electrons. The molecule has 1 aromatic rings. The average Bonchev–Trinajstić information content (AvgIpc) is 3.30. The van der Waals surface area contributed by atoms with E-state index in [0.717, 1.165) is 19.8 Å². The standard InChI is InChI=1S/C18H28O2/c1(2-4-9-13-18-16-20-18)3-5-10-14-19-15-17-11-7-6-8-12-17/h6-8,11-12,18H,1-5,9-10,13-16H2. The summed E-state index contributed by atoms with van der Waals surface area (Å²) < 4.78 is 10.9. The lowest BCUT2D eigenvalue weighted by atomic mass is 10.1. The Morgan fingerprint density at radius 2 is 1.55 bits per heavy atom. The van der Waals surface area contributed by atoms with Gasteiger partial charge in [0.15, 0.2) is 0 Å². The van der Waals surface area contributed by atoms with Crippen LogP contribution in [0, 0.1) is 0 Å². The van der Waals surface area contributed by atoms with Gasteiger partial charge >= 0.3 is 0 Å². The van der Waals surface area contributed by atoms with Crippen LogP contribution in [0.1, 0.15) is 56.9 Å². The minimum Gasteiger partial charge on any atom is -0.377 e. The van der Waals surface area contributed by atoms with Crippen LogP contribution in [0.2, 0.25) is 0 Å². The Morgan fingerprint density at radius 1 is 0.900 bits per heavy atom. The van der Waals surface area contributed by atoms with Crippen molar-refractivity contribution < 1.29 is 9.47 Å². The molecule has 0 aromatic heterocycles. The summed E-state index contributed by atoms with van der Waals surface area (Å²) in [7, 11) is 0. The predicted molar refractivity (Wildman–Crippen MR) is 82.8 cm³/mol. The van der Waals surface area contributed by atoms with E-state index in [1.54, 1.807) is 0 Å². The molecular weight excluding hydrogens is 248 g/mol. The number of hydrogen-bond donors (Lipinski definition) is 0. The van der Waals surface area contributed by atoms with Gasteiger partial charge in [0.25, 0.3) is 0 Å². The number of benzene rings is 1. The van der Waals surface area contributed by atoms with Gasteiger partial charge in [-0.1, -0.05) is 68.9 Å². The maximum absolute atomic E-state index is 5.68. The first-order chi connectivity index (χ1) is 9.95. The molecule has 1 aliphatic rings. The molecule has 2 heteroatoms. The van der Waals surface area contributed by atoms with E-state index < -0.39 is 0 Å². The fourth-order valence-electron chi connectivity index (χ4n) is 2.46. The molecule has 2 rings (SSSR count). The van der Waals surface area contributed by atoms with Crippen LogP contribution in [-0.4, -0.2) is 19.3 Å². The van der Waals surface area contributed by atoms with Gasteiger partial charge in [0, 0.05) is 6.61 Å². The third kappa shape index (κ3) is 7.66. The summed E-state index contributed by atoms with van der Waals surface area (Å²) in [6, 6.07) is 10.4. The summed E-state index contributed by atoms with van der Waals surface area (Å²) in [4.78, 5) is 0. The molecule has 0 bridgehead atoms. The monoisotopic (exact) mass is 276 g/mol. The average molecular weight is 276 g/mol. The van der Waals surface area contributed by atoms with Crippen molar-refractivity contribution >= 4 is 0 Å². The van der Waals surface area contributed by atoms with Crippen LogP contribution < -0.4 is 0 Å². The van der Waals surface area contributed by atoms with Crippen molar-refractivity contribution in [3.63, 3.8) is 0 Å². The molecule has 1 aliphatic heterocycles. The first-order valence-corrected chi connectivity index (χ1v) is 8.18. The van der Waals surface area contributed by atoms with Crippen molar-refractivity contribution in [1.82, 2.24) is 0 Å². The molecule has 1 aromatic carbocycles. The van der Waals surface area contributed by atoms with Crippen molar-refractivity contribution in [2.45, 2.75) is 64.1 Å². The van der Waals surface area contributed by atoms with E-state index >= 15 is 0 Å². The van der Waals surface area contributed by atoms with Gasteiger partial charge in [-0.25, -0.2) is 0 Å². The normalized spacial score (nSPS) is 17.3. The third-order valence-electron chi connectivity index (χ3n) is 3.83. The van der Waals surface area contributed by atoms with Gasteiger partial charge in [-0.2, -0.15) is 0 Å². The van der Waals surface area contributed by atoms with Gasteiger partial charge in [0.2, 0.25) is 0 Å². The highest BCUT2D eigenvalue weighted by Crippen LogP contribution is 2.18. The highest BCUT2D eigenvalue weighted by Gasteiger charge is 2.20. The zero-order chi connectivity index (χ0) is 13.9. The fraction of sp³-hybridized carbons (Fsp3) is 0.667. The zero-order valence-electron chi connectivity index (χ0n) is 12.6. The maximum atomic E-state index is 5.68. The minimum absolute atomic E-state index is 0.622. The van der Waals surface area contributed by atoms with E-state index in [2.05, 4.69) is 24.3 Å². The molecule has 1 atom stereocenters. The van der Waals surface area contributed by atoms with Crippen molar-refractivity contribution in [2.24, 2.45) is 0 Å². The Kier molecular flexibility index (Phi) is 7.73. The largest absolute Gasteiger partial charge is 0.377 e. The summed E-state index contributed by atoms with van der Waals surface area (Å²) in [6.45, 7) is 2.67. The Bertz CT molecular complexity index is 333. The number of epoxide rings is 1. The predicted octanol–water partition coefficient (Wildman–Crippen LogP) is 4.72. The van der Waals surface area contributed by atoms with E-state index in [1.807, 2.05) is 6.07 Å². The van der Waals surface area contributed by atoms with Gasteiger partial charge in [-0.15, -0.1) is 0 Å². The van der Waals surface area contributed by atoms with Crippen LogP contribution in [0.15, 0.2) is 30.3 Å². The Balaban J connectivity index is 1.30.